The van der Waals surface area contributed by atoms with Crippen LogP contribution in [0.25, 0.3) is 11.1 Å². The van der Waals surface area contributed by atoms with E-state index >= 15 is 0 Å². The van der Waals surface area contributed by atoms with Crippen LogP contribution in [-0.2, 0) is 20.9 Å². The van der Waals surface area contributed by atoms with Gasteiger partial charge in [0, 0.05) is 30.7 Å². The largest absolute Gasteiger partial charge is 0.481 e. The van der Waals surface area contributed by atoms with Crippen molar-refractivity contribution in [1.82, 2.24) is 10.6 Å². The van der Waals surface area contributed by atoms with Gasteiger partial charge in [-0.05, 0) is 52.8 Å². The first kappa shape index (κ1) is 30.0. The molecule has 1 atom stereocenters. The maximum atomic E-state index is 12.9. The number of carboxylic acid groups (broad SMARTS) is 1. The van der Waals surface area contributed by atoms with Crippen molar-refractivity contribution < 1.29 is 29.0 Å². The number of fused-ring (bicyclic) bond motifs is 3. The van der Waals surface area contributed by atoms with Crippen LogP contribution in [0.15, 0.2) is 78.9 Å². The molecule has 1 aliphatic carbocycles. The first-order valence-corrected chi connectivity index (χ1v) is 15.0. The van der Waals surface area contributed by atoms with Crippen LogP contribution in [0.1, 0.15) is 48.3 Å². The minimum absolute atomic E-state index is 0.0249. The van der Waals surface area contributed by atoms with Gasteiger partial charge in [0.2, 0.25) is 0 Å². The average Bonchev–Trinajstić information content (AvgIpc) is 3.30. The second-order valence-corrected chi connectivity index (χ2v) is 11.0. The van der Waals surface area contributed by atoms with Crippen LogP contribution >= 0.6 is 11.8 Å². The standard InChI is InChI=1S/C32H36N2O6S/c35-30(36)17-9-19-41-22-24(12-8-18-33-31(37)39-20-23-10-2-1-3-11-23)34-32(38)40-21-29-27-15-6-4-13-25(27)26-14-5-7-16-28(26)29/h1-7,10-11,13-16,24,29H,8-9,12,17-22H2,(H,33,37)(H,34,38)(H,35,36)/t24-/m0/s1. The molecule has 0 aromatic heterocycles. The Kier molecular flexibility index (Phi) is 11.5. The highest BCUT2D eigenvalue weighted by Crippen LogP contribution is 2.44. The van der Waals surface area contributed by atoms with E-state index in [0.717, 1.165) is 16.7 Å². The van der Waals surface area contributed by atoms with E-state index in [4.69, 9.17) is 14.6 Å². The Balaban J connectivity index is 1.24. The number of hydrogen-bond acceptors (Lipinski definition) is 6. The predicted molar refractivity (Wildman–Crippen MR) is 160 cm³/mol. The molecule has 4 rings (SSSR count). The summed E-state index contributed by atoms with van der Waals surface area (Å²) in [4.78, 5) is 35.7. The number of carbonyl (C=O) groups is 3. The third kappa shape index (κ3) is 9.28. The molecule has 0 unspecified atom stereocenters. The summed E-state index contributed by atoms with van der Waals surface area (Å²) < 4.78 is 11.0. The number of hydrogen-bond donors (Lipinski definition) is 3. The van der Waals surface area contributed by atoms with E-state index in [0.29, 0.717) is 37.3 Å². The third-order valence-electron chi connectivity index (χ3n) is 6.88. The highest BCUT2D eigenvalue weighted by atomic mass is 32.2. The Morgan fingerprint density at radius 2 is 1.49 bits per heavy atom. The van der Waals surface area contributed by atoms with Crippen LogP contribution < -0.4 is 10.6 Å². The van der Waals surface area contributed by atoms with Gasteiger partial charge in [0.1, 0.15) is 13.2 Å². The van der Waals surface area contributed by atoms with Crippen LogP contribution in [0.4, 0.5) is 9.59 Å². The Morgan fingerprint density at radius 3 is 2.17 bits per heavy atom. The Bertz CT molecular complexity index is 1260. The summed E-state index contributed by atoms with van der Waals surface area (Å²) in [5.41, 5.74) is 5.55. The fraction of sp³-hybridized carbons (Fsp3) is 0.344. The van der Waals surface area contributed by atoms with Gasteiger partial charge in [-0.15, -0.1) is 0 Å². The van der Waals surface area contributed by atoms with Gasteiger partial charge in [0.15, 0.2) is 0 Å². The molecule has 0 heterocycles. The second-order valence-electron chi connectivity index (χ2n) is 9.87. The normalized spacial score (nSPS) is 12.6. The van der Waals surface area contributed by atoms with Crippen molar-refractivity contribution in [3.8, 4) is 11.1 Å². The number of thioether (sulfide) groups is 1. The summed E-state index contributed by atoms with van der Waals surface area (Å²) in [5, 5.41) is 14.6. The molecule has 0 bridgehead atoms. The SMILES string of the molecule is O=C(O)CCCSC[C@H](CCCNC(=O)OCc1ccccc1)NC(=O)OCC1c2ccccc2-c2ccccc21. The fourth-order valence-electron chi connectivity index (χ4n) is 4.87. The molecule has 1 aliphatic rings. The summed E-state index contributed by atoms with van der Waals surface area (Å²) in [6.07, 6.45) is 0.953. The first-order valence-electron chi connectivity index (χ1n) is 13.9. The lowest BCUT2D eigenvalue weighted by molar-refractivity contribution is -0.137. The quantitative estimate of drug-likeness (QED) is 0.185. The van der Waals surface area contributed by atoms with Gasteiger partial charge >= 0.3 is 18.2 Å². The minimum atomic E-state index is -0.816. The van der Waals surface area contributed by atoms with Gasteiger partial charge in [-0.2, -0.15) is 11.8 Å². The van der Waals surface area contributed by atoms with Gasteiger partial charge in [-0.25, -0.2) is 9.59 Å². The number of benzene rings is 3. The summed E-state index contributed by atoms with van der Waals surface area (Å²) in [6, 6.07) is 25.7. The molecule has 0 fully saturated rings. The number of rotatable bonds is 15. The third-order valence-corrected chi connectivity index (χ3v) is 8.09. The predicted octanol–water partition coefficient (Wildman–Crippen LogP) is 6.20. The number of carboxylic acids is 1. The fourth-order valence-corrected chi connectivity index (χ4v) is 5.92. The smallest absolute Gasteiger partial charge is 0.407 e. The van der Waals surface area contributed by atoms with E-state index in [1.165, 1.54) is 11.1 Å². The van der Waals surface area contributed by atoms with E-state index in [9.17, 15) is 14.4 Å². The van der Waals surface area contributed by atoms with E-state index in [-0.39, 0.29) is 31.6 Å². The molecule has 0 saturated heterocycles. The zero-order valence-corrected chi connectivity index (χ0v) is 23.7. The number of ether oxygens (including phenoxy) is 2. The van der Waals surface area contributed by atoms with Crippen molar-refractivity contribution >= 4 is 29.9 Å². The number of amides is 2. The van der Waals surface area contributed by atoms with E-state index in [1.807, 2.05) is 54.6 Å². The lowest BCUT2D eigenvalue weighted by Gasteiger charge is -2.20. The van der Waals surface area contributed by atoms with Crippen molar-refractivity contribution in [2.45, 2.75) is 44.2 Å². The van der Waals surface area contributed by atoms with E-state index < -0.39 is 18.2 Å². The maximum absolute atomic E-state index is 12.9. The van der Waals surface area contributed by atoms with Crippen molar-refractivity contribution in [2.24, 2.45) is 0 Å². The summed E-state index contributed by atoms with van der Waals surface area (Å²) in [5.74, 6) is 0.453. The molecule has 3 N–H and O–H groups in total. The minimum Gasteiger partial charge on any atom is -0.481 e. The molecule has 8 nitrogen and oxygen atoms in total. The molecule has 216 valence electrons. The van der Waals surface area contributed by atoms with Gasteiger partial charge in [0.25, 0.3) is 0 Å². The van der Waals surface area contributed by atoms with Crippen LogP contribution in [0, 0.1) is 0 Å². The molecule has 0 saturated carbocycles. The molecular formula is C32H36N2O6S. The van der Waals surface area contributed by atoms with Crippen LogP contribution in [0.2, 0.25) is 0 Å². The maximum Gasteiger partial charge on any atom is 0.407 e. The molecule has 0 spiro atoms. The highest BCUT2D eigenvalue weighted by molar-refractivity contribution is 7.99. The number of aliphatic carboxylic acids is 1. The van der Waals surface area contributed by atoms with Gasteiger partial charge in [0.05, 0.1) is 0 Å². The highest BCUT2D eigenvalue weighted by Gasteiger charge is 2.29. The van der Waals surface area contributed by atoms with Gasteiger partial charge in [-0.1, -0.05) is 78.9 Å². The average molecular weight is 577 g/mol. The number of carbonyl (C=O) groups excluding carboxylic acids is 2. The lowest BCUT2D eigenvalue weighted by atomic mass is 9.98. The zero-order chi connectivity index (χ0) is 28.9. The zero-order valence-electron chi connectivity index (χ0n) is 22.9. The molecule has 2 amide bonds. The van der Waals surface area contributed by atoms with Crippen LogP contribution in [0.5, 0.6) is 0 Å². The first-order chi connectivity index (χ1) is 20.0. The van der Waals surface area contributed by atoms with Crippen LogP contribution in [0.3, 0.4) is 0 Å². The number of alkyl carbamates (subject to hydrolysis) is 2. The lowest BCUT2D eigenvalue weighted by Crippen LogP contribution is -2.38. The second kappa shape index (κ2) is 15.7. The van der Waals surface area contributed by atoms with E-state index in [2.05, 4.69) is 34.9 Å². The summed E-state index contributed by atoms with van der Waals surface area (Å²) in [7, 11) is 0. The van der Waals surface area contributed by atoms with Crippen molar-refractivity contribution in [3.63, 3.8) is 0 Å². The van der Waals surface area contributed by atoms with Gasteiger partial charge in [-0.3, -0.25) is 4.79 Å². The van der Waals surface area contributed by atoms with Crippen molar-refractivity contribution in [1.29, 1.82) is 0 Å². The Labute approximate surface area is 244 Å². The molecule has 41 heavy (non-hydrogen) atoms. The molecule has 9 heteroatoms. The van der Waals surface area contributed by atoms with Crippen molar-refractivity contribution in [3.05, 3.63) is 95.6 Å². The van der Waals surface area contributed by atoms with Crippen molar-refractivity contribution in [2.75, 3.05) is 24.7 Å². The molecule has 3 aromatic rings. The van der Waals surface area contributed by atoms with Crippen LogP contribution in [-0.4, -0.2) is 54.0 Å². The molecule has 3 aromatic carbocycles. The Hall–Kier alpha value is -3.98. The molecule has 0 aliphatic heterocycles. The number of nitrogens with one attached hydrogen (secondary N) is 2. The Morgan fingerprint density at radius 1 is 0.829 bits per heavy atom. The summed E-state index contributed by atoms with van der Waals surface area (Å²) >= 11 is 1.59. The summed E-state index contributed by atoms with van der Waals surface area (Å²) in [6.45, 7) is 0.832. The monoisotopic (exact) mass is 576 g/mol. The van der Waals surface area contributed by atoms with Gasteiger partial charge < -0.3 is 25.2 Å². The topological polar surface area (TPSA) is 114 Å². The molecule has 0 radical (unpaired) electrons. The van der Waals surface area contributed by atoms with E-state index in [1.54, 1.807) is 11.8 Å². The molecular weight excluding hydrogens is 540 g/mol.